The quantitative estimate of drug-likeness (QED) is 0.0920. The Morgan fingerprint density at radius 1 is 0.953 bits per heavy atom. The third kappa shape index (κ3) is 9.98. The van der Waals surface area contributed by atoms with E-state index in [0.717, 1.165) is 65.3 Å². The highest BCUT2D eigenvalue weighted by atomic mass is 35.5. The van der Waals surface area contributed by atoms with Crippen molar-refractivity contribution in [3.05, 3.63) is 129 Å². The number of ether oxygens (including phenoxy) is 4. The average molecular weight is 912 g/mol. The first-order valence-electron chi connectivity index (χ1n) is 22.7. The molecule has 4 aromatic rings. The molecule has 1 N–H and O–H groups in total. The molecule has 1 heterocycles. The highest BCUT2D eigenvalue weighted by Crippen LogP contribution is 2.48. The summed E-state index contributed by atoms with van der Waals surface area (Å²) in [4.78, 5) is 15.8. The number of aryl methyl sites for hydroxylation is 1. The summed E-state index contributed by atoms with van der Waals surface area (Å²) < 4.78 is 53.4. The van der Waals surface area contributed by atoms with E-state index in [2.05, 4.69) is 23.1 Å². The van der Waals surface area contributed by atoms with Crippen LogP contribution in [0.25, 0.3) is 0 Å². The lowest BCUT2D eigenvalue weighted by molar-refractivity contribution is 0.00694. The summed E-state index contributed by atoms with van der Waals surface area (Å²) in [5.74, 6) is 2.11. The second-order valence-electron chi connectivity index (χ2n) is 19.5. The Labute approximate surface area is 384 Å². The van der Waals surface area contributed by atoms with Gasteiger partial charge >= 0.3 is 5.97 Å². The van der Waals surface area contributed by atoms with Gasteiger partial charge in [-0.2, -0.15) is 4.31 Å². The van der Waals surface area contributed by atoms with Gasteiger partial charge in [-0.05, 0) is 173 Å². The molecule has 1 fully saturated rings. The molecule has 12 heteroatoms. The average Bonchev–Trinajstić information content (AvgIpc) is 3.39. The van der Waals surface area contributed by atoms with Crippen LogP contribution in [0.1, 0.15) is 98.8 Å². The summed E-state index contributed by atoms with van der Waals surface area (Å²) in [5, 5.41) is 12.0. The van der Waals surface area contributed by atoms with E-state index in [4.69, 9.17) is 30.5 Å². The molecule has 3 aliphatic carbocycles. The van der Waals surface area contributed by atoms with E-state index in [-0.39, 0.29) is 42.2 Å². The van der Waals surface area contributed by atoms with Crippen molar-refractivity contribution in [1.29, 1.82) is 0 Å². The number of hydrogen-bond donors (Lipinski definition) is 1. The van der Waals surface area contributed by atoms with Gasteiger partial charge in [-0.25, -0.2) is 13.2 Å². The summed E-state index contributed by atoms with van der Waals surface area (Å²) in [6.07, 6.45) is 7.48. The summed E-state index contributed by atoms with van der Waals surface area (Å²) in [6, 6.07) is 26.9. The van der Waals surface area contributed by atoms with Gasteiger partial charge in [0.25, 0.3) is 0 Å². The van der Waals surface area contributed by atoms with Crippen LogP contribution in [0.3, 0.4) is 0 Å². The standard InChI is InChI=1S/C52H63ClN2O8S/c1-34(64(58,59)55(29-35-9-16-43(60-5)17-10-35)30-36-11-18-44(61-6)19-12-36)24-37-25-41(26-37)49(56)45-20-13-40(45)31-54-32-52(23-7-8-38-27-42(53)15-21-46(38)52)33-62-48-22-14-39(28-47(48)54)50(57)63-51(2,3)4/h9-12,14-19,21-22,25,27-28,34,37,40,45,49,56H,7-8,13,20,23-24,26,29-33H2,1-6H3/t34-,37+,40-,45+,49-,52-/m0/s1. The van der Waals surface area contributed by atoms with Crippen molar-refractivity contribution in [3.63, 3.8) is 0 Å². The topological polar surface area (TPSA) is 115 Å². The lowest BCUT2D eigenvalue weighted by Gasteiger charge is -2.47. The Balaban J connectivity index is 0.976. The minimum atomic E-state index is -3.72. The fraction of sp³-hybridized carbons (Fsp3) is 0.481. The van der Waals surface area contributed by atoms with Gasteiger partial charge in [0.15, 0.2) is 0 Å². The molecule has 0 amide bonds. The molecule has 0 bridgehead atoms. The molecule has 4 aromatic carbocycles. The molecule has 4 aliphatic rings. The molecule has 342 valence electrons. The molecule has 0 radical (unpaired) electrons. The van der Waals surface area contributed by atoms with Crippen LogP contribution >= 0.6 is 11.6 Å². The van der Waals surface area contributed by atoms with Gasteiger partial charge in [0.05, 0.1) is 43.4 Å². The van der Waals surface area contributed by atoms with Gasteiger partial charge in [0.2, 0.25) is 10.0 Å². The van der Waals surface area contributed by atoms with Gasteiger partial charge in [0, 0.05) is 36.6 Å². The number of nitrogens with zero attached hydrogens (tertiary/aromatic N) is 2. The number of esters is 1. The predicted octanol–water partition coefficient (Wildman–Crippen LogP) is 9.93. The highest BCUT2D eigenvalue weighted by Gasteiger charge is 2.46. The van der Waals surface area contributed by atoms with Crippen molar-refractivity contribution in [1.82, 2.24) is 4.31 Å². The first-order chi connectivity index (χ1) is 30.5. The van der Waals surface area contributed by atoms with Crippen LogP contribution in [0.2, 0.25) is 5.02 Å². The predicted molar refractivity (Wildman–Crippen MR) is 252 cm³/mol. The van der Waals surface area contributed by atoms with Crippen molar-refractivity contribution in [2.75, 3.05) is 38.8 Å². The zero-order valence-electron chi connectivity index (χ0n) is 38.0. The van der Waals surface area contributed by atoms with Crippen molar-refractivity contribution in [3.8, 4) is 17.2 Å². The number of allylic oxidation sites excluding steroid dienone is 1. The Hall–Kier alpha value is -4.55. The van der Waals surface area contributed by atoms with Gasteiger partial charge in [-0.1, -0.05) is 48.0 Å². The maximum Gasteiger partial charge on any atom is 0.338 e. The number of hydrogen-bond acceptors (Lipinski definition) is 9. The molecule has 8 rings (SSSR count). The van der Waals surface area contributed by atoms with Gasteiger partial charge in [0.1, 0.15) is 22.8 Å². The first kappa shape index (κ1) is 46.0. The second kappa shape index (κ2) is 18.7. The van der Waals surface area contributed by atoms with Crippen LogP contribution in [0.4, 0.5) is 5.69 Å². The summed E-state index contributed by atoms with van der Waals surface area (Å²) in [5.41, 5.74) is 5.71. The maximum absolute atomic E-state index is 14.4. The van der Waals surface area contributed by atoms with Crippen LogP contribution in [0, 0.1) is 17.8 Å². The van der Waals surface area contributed by atoms with E-state index in [1.54, 1.807) is 31.5 Å². The zero-order chi connectivity index (χ0) is 45.4. The van der Waals surface area contributed by atoms with Crippen LogP contribution in [-0.4, -0.2) is 74.7 Å². The maximum atomic E-state index is 14.4. The second-order valence-corrected chi connectivity index (χ2v) is 22.3. The zero-order valence-corrected chi connectivity index (χ0v) is 39.6. The molecular weight excluding hydrogens is 848 g/mol. The van der Waals surface area contributed by atoms with E-state index in [1.165, 1.54) is 11.1 Å². The third-order valence-electron chi connectivity index (χ3n) is 13.9. The fourth-order valence-electron chi connectivity index (χ4n) is 10.2. The molecule has 0 aromatic heterocycles. The van der Waals surface area contributed by atoms with E-state index < -0.39 is 27.0 Å². The van der Waals surface area contributed by atoms with E-state index >= 15 is 0 Å². The lowest BCUT2D eigenvalue weighted by atomic mass is 9.65. The van der Waals surface area contributed by atoms with E-state index in [1.807, 2.05) is 87.5 Å². The van der Waals surface area contributed by atoms with Gasteiger partial charge in [-0.15, -0.1) is 0 Å². The number of carbonyl (C=O) groups is 1. The van der Waals surface area contributed by atoms with Crippen LogP contribution in [-0.2, 0) is 39.7 Å². The monoisotopic (exact) mass is 910 g/mol. The number of aliphatic hydroxyl groups excluding tert-OH is 1. The minimum absolute atomic E-state index is 0.0532. The Kier molecular flexibility index (Phi) is 13.5. The van der Waals surface area contributed by atoms with Crippen LogP contribution in [0.15, 0.2) is 96.6 Å². The number of halogens is 1. The van der Waals surface area contributed by atoms with Crippen LogP contribution in [0.5, 0.6) is 17.2 Å². The Bertz CT molecular complexity index is 2400. The normalized spacial score (nSPS) is 22.7. The molecule has 1 saturated carbocycles. The molecule has 10 nitrogen and oxygen atoms in total. The van der Waals surface area contributed by atoms with Crippen LogP contribution < -0.4 is 19.1 Å². The van der Waals surface area contributed by atoms with Crippen molar-refractivity contribution >= 4 is 33.3 Å². The summed E-state index contributed by atoms with van der Waals surface area (Å²) >= 11 is 6.50. The van der Waals surface area contributed by atoms with Gasteiger partial charge in [-0.3, -0.25) is 0 Å². The lowest BCUT2D eigenvalue weighted by Crippen LogP contribution is -2.50. The number of sulfonamides is 1. The van der Waals surface area contributed by atoms with Gasteiger partial charge < -0.3 is 29.0 Å². The Morgan fingerprint density at radius 3 is 2.20 bits per heavy atom. The first-order valence-corrected chi connectivity index (χ1v) is 24.6. The number of methoxy groups -OCH3 is 2. The number of anilines is 1. The SMILES string of the molecule is COc1ccc(CN(Cc2ccc(OC)cc2)S(=O)(=O)[C@@H](C)C[C@@H]2C=C([C@H](O)[C@@H]3CC[C@H]3CN3C[C@@]4(CCCc5cc(Cl)ccc54)COc4ccc(C(=O)OC(C)(C)C)cc43)C2)cc1. The molecular formula is C52H63ClN2O8S. The smallest absolute Gasteiger partial charge is 0.338 e. The fourth-order valence-corrected chi connectivity index (χ4v) is 12.1. The highest BCUT2D eigenvalue weighted by molar-refractivity contribution is 7.89. The van der Waals surface area contributed by atoms with Crippen molar-refractivity contribution in [2.45, 2.75) is 108 Å². The minimum Gasteiger partial charge on any atom is -0.497 e. The van der Waals surface area contributed by atoms with Crippen molar-refractivity contribution in [2.24, 2.45) is 17.8 Å². The number of carbonyl (C=O) groups excluding carboxylic acids is 1. The molecule has 1 aliphatic heterocycles. The number of fused-ring (bicyclic) bond motifs is 3. The third-order valence-corrected chi connectivity index (χ3v) is 16.3. The number of aliphatic hydroxyl groups is 1. The molecule has 0 unspecified atom stereocenters. The molecule has 1 spiro atoms. The molecule has 6 atom stereocenters. The largest absolute Gasteiger partial charge is 0.497 e. The Morgan fingerprint density at radius 2 is 1.61 bits per heavy atom. The summed E-state index contributed by atoms with van der Waals surface area (Å²) in [7, 11) is -0.501. The number of benzene rings is 4. The van der Waals surface area contributed by atoms with E-state index in [0.29, 0.717) is 49.6 Å². The van der Waals surface area contributed by atoms with E-state index in [9.17, 15) is 18.3 Å². The summed E-state index contributed by atoms with van der Waals surface area (Å²) in [6.45, 7) is 9.79. The molecule has 0 saturated heterocycles. The van der Waals surface area contributed by atoms with Crippen molar-refractivity contribution < 1.29 is 37.3 Å². The molecule has 64 heavy (non-hydrogen) atoms. The number of rotatable bonds is 15.